The summed E-state index contributed by atoms with van der Waals surface area (Å²) in [4.78, 5) is 26.0. The number of carbonyl (C=O) groups is 2. The molecule has 1 aromatic rings. The molecule has 0 radical (unpaired) electrons. The van der Waals surface area contributed by atoms with E-state index in [0.29, 0.717) is 12.3 Å². The zero-order valence-corrected chi connectivity index (χ0v) is 20.4. The minimum absolute atomic E-state index is 0.0535. The van der Waals surface area contributed by atoms with Gasteiger partial charge in [0.2, 0.25) is 11.8 Å². The lowest BCUT2D eigenvalue weighted by Crippen LogP contribution is -2.49. The highest BCUT2D eigenvalue weighted by atomic mass is 32.2. The van der Waals surface area contributed by atoms with Gasteiger partial charge in [0.15, 0.2) is 0 Å². The average molecular weight is 461 g/mol. The molecule has 0 spiro atoms. The Balaban J connectivity index is 1.54. The summed E-state index contributed by atoms with van der Waals surface area (Å²) in [6, 6.07) is 7.23. The Morgan fingerprint density at radius 3 is 2.25 bits per heavy atom. The Kier molecular flexibility index (Phi) is 10.7. The fourth-order valence-electron chi connectivity index (χ4n) is 4.78. The minimum Gasteiger partial charge on any atom is -0.497 e. The second-order valence-electron chi connectivity index (χ2n) is 9.36. The van der Waals surface area contributed by atoms with E-state index in [0.717, 1.165) is 48.7 Å². The van der Waals surface area contributed by atoms with Gasteiger partial charge in [-0.25, -0.2) is 0 Å². The lowest BCUT2D eigenvalue weighted by molar-refractivity contribution is -0.131. The Bertz CT molecular complexity index is 696. The SMILES string of the molecule is COc1ccc(CNC(=O)C(CSCC2CCCCC2)NC(=O)C2CCCCCC2)cc1. The molecule has 1 unspecified atom stereocenters. The van der Waals surface area contributed by atoms with Crippen molar-refractivity contribution in [2.45, 2.75) is 83.2 Å². The molecule has 5 nitrogen and oxygen atoms in total. The van der Waals surface area contributed by atoms with Crippen LogP contribution in [0, 0.1) is 11.8 Å². The van der Waals surface area contributed by atoms with Crippen molar-refractivity contribution >= 4 is 23.6 Å². The first-order valence-corrected chi connectivity index (χ1v) is 13.6. The first-order chi connectivity index (χ1) is 15.7. The second kappa shape index (κ2) is 13.8. The molecule has 0 saturated heterocycles. The number of ether oxygens (including phenoxy) is 1. The maximum Gasteiger partial charge on any atom is 0.243 e. The van der Waals surface area contributed by atoms with Gasteiger partial charge in [-0.15, -0.1) is 0 Å². The van der Waals surface area contributed by atoms with Crippen LogP contribution in [0.2, 0.25) is 0 Å². The summed E-state index contributed by atoms with van der Waals surface area (Å²) in [6.07, 6.45) is 13.2. The largest absolute Gasteiger partial charge is 0.497 e. The highest BCUT2D eigenvalue weighted by Crippen LogP contribution is 2.27. The third kappa shape index (κ3) is 8.34. The van der Waals surface area contributed by atoms with E-state index in [2.05, 4.69) is 10.6 Å². The van der Waals surface area contributed by atoms with Crippen LogP contribution in [0.25, 0.3) is 0 Å². The molecule has 0 aliphatic heterocycles. The van der Waals surface area contributed by atoms with Crippen molar-refractivity contribution in [2.24, 2.45) is 11.8 Å². The zero-order valence-electron chi connectivity index (χ0n) is 19.6. The molecule has 1 atom stereocenters. The quantitative estimate of drug-likeness (QED) is 0.478. The number of methoxy groups -OCH3 is 1. The van der Waals surface area contributed by atoms with Crippen molar-refractivity contribution in [2.75, 3.05) is 18.6 Å². The van der Waals surface area contributed by atoms with Crippen LogP contribution in [0.5, 0.6) is 5.75 Å². The fourth-order valence-corrected chi connectivity index (χ4v) is 6.05. The first kappa shape index (κ1) is 24.9. The van der Waals surface area contributed by atoms with Crippen LogP contribution < -0.4 is 15.4 Å². The van der Waals surface area contributed by atoms with E-state index >= 15 is 0 Å². The molecule has 0 bridgehead atoms. The third-order valence-corrected chi connectivity index (χ3v) is 8.12. The van der Waals surface area contributed by atoms with Crippen LogP contribution in [0.3, 0.4) is 0 Å². The van der Waals surface area contributed by atoms with Crippen LogP contribution in [-0.2, 0) is 16.1 Å². The summed E-state index contributed by atoms with van der Waals surface area (Å²) >= 11 is 1.82. The molecule has 2 N–H and O–H groups in total. The molecular formula is C26H40N2O3S. The second-order valence-corrected chi connectivity index (χ2v) is 10.4. The normalized spacial score (nSPS) is 19.0. The minimum atomic E-state index is -0.474. The van der Waals surface area contributed by atoms with E-state index in [1.54, 1.807) is 7.11 Å². The van der Waals surface area contributed by atoms with Gasteiger partial charge >= 0.3 is 0 Å². The fraction of sp³-hybridized carbons (Fsp3) is 0.692. The smallest absolute Gasteiger partial charge is 0.243 e. The van der Waals surface area contributed by atoms with Crippen molar-refractivity contribution in [3.05, 3.63) is 29.8 Å². The lowest BCUT2D eigenvalue weighted by atomic mass is 9.91. The Morgan fingerprint density at radius 1 is 0.969 bits per heavy atom. The van der Waals surface area contributed by atoms with Gasteiger partial charge in [-0.3, -0.25) is 9.59 Å². The molecular weight excluding hydrogens is 420 g/mol. The molecule has 178 valence electrons. The molecule has 6 heteroatoms. The van der Waals surface area contributed by atoms with Gasteiger partial charge in [-0.1, -0.05) is 57.1 Å². The molecule has 0 heterocycles. The van der Waals surface area contributed by atoms with Crippen LogP contribution >= 0.6 is 11.8 Å². The summed E-state index contributed by atoms with van der Waals surface area (Å²) < 4.78 is 5.20. The number of amides is 2. The van der Waals surface area contributed by atoms with E-state index in [1.807, 2.05) is 36.0 Å². The molecule has 1 aromatic carbocycles. The van der Waals surface area contributed by atoms with E-state index in [-0.39, 0.29) is 17.7 Å². The number of rotatable bonds is 10. The Morgan fingerprint density at radius 2 is 1.59 bits per heavy atom. The van der Waals surface area contributed by atoms with Crippen molar-refractivity contribution < 1.29 is 14.3 Å². The van der Waals surface area contributed by atoms with Gasteiger partial charge in [-0.2, -0.15) is 11.8 Å². The Hall–Kier alpha value is -1.69. The van der Waals surface area contributed by atoms with E-state index < -0.39 is 6.04 Å². The number of thioether (sulfide) groups is 1. The van der Waals surface area contributed by atoms with Crippen LogP contribution in [0.15, 0.2) is 24.3 Å². The molecule has 2 aliphatic rings. The maximum atomic E-state index is 13.0. The van der Waals surface area contributed by atoms with Crippen molar-refractivity contribution in [1.29, 1.82) is 0 Å². The number of nitrogens with one attached hydrogen (secondary N) is 2. The number of benzene rings is 1. The number of hydrogen-bond donors (Lipinski definition) is 2. The van der Waals surface area contributed by atoms with Crippen LogP contribution in [0.4, 0.5) is 0 Å². The summed E-state index contributed by atoms with van der Waals surface area (Å²) in [6.45, 7) is 0.450. The predicted molar refractivity (Wildman–Crippen MR) is 132 cm³/mol. The summed E-state index contributed by atoms with van der Waals surface area (Å²) in [5.41, 5.74) is 1.02. The number of carbonyl (C=O) groups excluding carboxylic acids is 2. The highest BCUT2D eigenvalue weighted by Gasteiger charge is 2.26. The summed E-state index contributed by atoms with van der Waals surface area (Å²) in [5.74, 6) is 3.32. The van der Waals surface area contributed by atoms with Gasteiger partial charge in [-0.05, 0) is 55.1 Å². The van der Waals surface area contributed by atoms with E-state index in [1.165, 1.54) is 44.9 Å². The lowest BCUT2D eigenvalue weighted by Gasteiger charge is -2.24. The number of hydrogen-bond acceptors (Lipinski definition) is 4. The molecule has 0 aromatic heterocycles. The van der Waals surface area contributed by atoms with Crippen LogP contribution in [0.1, 0.15) is 76.2 Å². The first-order valence-electron chi connectivity index (χ1n) is 12.4. The standard InChI is InChI=1S/C26H40N2O3S/c1-31-23-15-13-20(14-16-23)17-27-26(30)24(19-32-18-21-9-5-4-6-10-21)28-25(29)22-11-7-2-3-8-12-22/h13-16,21-22,24H,2-12,17-19H2,1H3,(H,27,30)(H,28,29). The Labute approximate surface area is 197 Å². The molecule has 2 amide bonds. The van der Waals surface area contributed by atoms with Gasteiger partial charge in [0, 0.05) is 18.2 Å². The summed E-state index contributed by atoms with van der Waals surface area (Å²) in [7, 11) is 1.64. The monoisotopic (exact) mass is 460 g/mol. The predicted octanol–water partition coefficient (Wildman–Crippen LogP) is 5.08. The van der Waals surface area contributed by atoms with Gasteiger partial charge in [0.05, 0.1) is 7.11 Å². The topological polar surface area (TPSA) is 67.4 Å². The molecule has 3 rings (SSSR count). The van der Waals surface area contributed by atoms with Gasteiger partial charge in [0.1, 0.15) is 11.8 Å². The molecule has 2 saturated carbocycles. The highest BCUT2D eigenvalue weighted by molar-refractivity contribution is 7.99. The maximum absolute atomic E-state index is 13.0. The van der Waals surface area contributed by atoms with Gasteiger partial charge in [0.25, 0.3) is 0 Å². The average Bonchev–Trinajstić information content (AvgIpc) is 3.12. The summed E-state index contributed by atoms with van der Waals surface area (Å²) in [5, 5.41) is 6.15. The molecule has 32 heavy (non-hydrogen) atoms. The van der Waals surface area contributed by atoms with Gasteiger partial charge < -0.3 is 15.4 Å². The van der Waals surface area contributed by atoms with Crippen molar-refractivity contribution in [3.63, 3.8) is 0 Å². The van der Waals surface area contributed by atoms with Crippen molar-refractivity contribution in [3.8, 4) is 5.75 Å². The zero-order chi connectivity index (χ0) is 22.6. The van der Waals surface area contributed by atoms with E-state index in [4.69, 9.17) is 4.74 Å². The molecule has 2 fully saturated rings. The van der Waals surface area contributed by atoms with Crippen molar-refractivity contribution in [1.82, 2.24) is 10.6 Å². The molecule has 2 aliphatic carbocycles. The van der Waals surface area contributed by atoms with E-state index in [9.17, 15) is 9.59 Å². The van der Waals surface area contributed by atoms with Crippen LogP contribution in [-0.4, -0.2) is 36.5 Å². The third-order valence-electron chi connectivity index (χ3n) is 6.85.